The van der Waals surface area contributed by atoms with Crippen LogP contribution >= 0.6 is 0 Å². The Bertz CT molecular complexity index is 495. The quantitative estimate of drug-likeness (QED) is 0.884. The minimum atomic E-state index is -0.489. The molecule has 5 heteroatoms. The van der Waals surface area contributed by atoms with Crippen molar-refractivity contribution in [3.8, 4) is 11.5 Å². The zero-order chi connectivity index (χ0) is 13.0. The standard InChI is InChI=1S/C13H15N3O2/c1-17-9-5-3-6-10(18-2)11(9)12(14)13-15-7-4-8-16-13/h3-8,12H,14H2,1-2H3. The van der Waals surface area contributed by atoms with Gasteiger partial charge < -0.3 is 15.2 Å². The summed E-state index contributed by atoms with van der Waals surface area (Å²) >= 11 is 0. The Hall–Kier alpha value is -2.14. The topological polar surface area (TPSA) is 70.3 Å². The van der Waals surface area contributed by atoms with Crippen molar-refractivity contribution in [1.29, 1.82) is 0 Å². The SMILES string of the molecule is COc1cccc(OC)c1C(N)c1ncccn1. The van der Waals surface area contributed by atoms with Crippen LogP contribution in [0, 0.1) is 0 Å². The highest BCUT2D eigenvalue weighted by molar-refractivity contribution is 5.48. The third-order valence-corrected chi connectivity index (χ3v) is 2.64. The van der Waals surface area contributed by atoms with E-state index in [0.717, 1.165) is 5.56 Å². The van der Waals surface area contributed by atoms with Gasteiger partial charge in [0.1, 0.15) is 17.3 Å². The molecule has 1 aromatic heterocycles. The fourth-order valence-corrected chi connectivity index (χ4v) is 1.79. The van der Waals surface area contributed by atoms with Crippen molar-refractivity contribution in [1.82, 2.24) is 9.97 Å². The van der Waals surface area contributed by atoms with Crippen molar-refractivity contribution in [2.24, 2.45) is 5.73 Å². The molecule has 0 saturated heterocycles. The smallest absolute Gasteiger partial charge is 0.149 e. The number of aromatic nitrogens is 2. The van der Waals surface area contributed by atoms with Crippen LogP contribution in [0.25, 0.3) is 0 Å². The second-order valence-electron chi connectivity index (χ2n) is 3.66. The summed E-state index contributed by atoms with van der Waals surface area (Å²) in [4.78, 5) is 8.32. The van der Waals surface area contributed by atoms with Gasteiger partial charge in [0, 0.05) is 12.4 Å². The molecule has 18 heavy (non-hydrogen) atoms. The molecule has 0 amide bonds. The van der Waals surface area contributed by atoms with E-state index in [4.69, 9.17) is 15.2 Å². The molecule has 0 bridgehead atoms. The lowest BCUT2D eigenvalue weighted by atomic mass is 10.0. The fraction of sp³-hybridized carbons (Fsp3) is 0.231. The molecule has 2 N–H and O–H groups in total. The second kappa shape index (κ2) is 5.46. The third kappa shape index (κ3) is 2.26. The molecule has 2 aromatic rings. The molecule has 0 aliphatic carbocycles. The van der Waals surface area contributed by atoms with Crippen molar-refractivity contribution < 1.29 is 9.47 Å². The molecular formula is C13H15N3O2. The van der Waals surface area contributed by atoms with E-state index in [1.807, 2.05) is 18.2 Å². The highest BCUT2D eigenvalue weighted by atomic mass is 16.5. The van der Waals surface area contributed by atoms with E-state index < -0.39 is 6.04 Å². The van der Waals surface area contributed by atoms with Gasteiger partial charge >= 0.3 is 0 Å². The molecule has 0 aliphatic heterocycles. The second-order valence-corrected chi connectivity index (χ2v) is 3.66. The number of methoxy groups -OCH3 is 2. The van der Waals surface area contributed by atoms with Crippen LogP contribution in [0.15, 0.2) is 36.7 Å². The molecule has 1 atom stereocenters. The van der Waals surface area contributed by atoms with Crippen LogP contribution in [0.2, 0.25) is 0 Å². The van der Waals surface area contributed by atoms with Gasteiger partial charge in [-0.15, -0.1) is 0 Å². The molecule has 5 nitrogen and oxygen atoms in total. The first-order chi connectivity index (χ1) is 8.77. The molecule has 0 spiro atoms. The Balaban J connectivity index is 2.49. The maximum atomic E-state index is 6.18. The van der Waals surface area contributed by atoms with Gasteiger partial charge in [-0.25, -0.2) is 9.97 Å². The lowest BCUT2D eigenvalue weighted by Gasteiger charge is -2.17. The third-order valence-electron chi connectivity index (χ3n) is 2.64. The Morgan fingerprint density at radius 3 is 2.06 bits per heavy atom. The first-order valence-electron chi connectivity index (χ1n) is 5.51. The van der Waals surface area contributed by atoms with Gasteiger partial charge in [-0.1, -0.05) is 6.07 Å². The van der Waals surface area contributed by atoms with E-state index >= 15 is 0 Å². The Kier molecular flexibility index (Phi) is 3.74. The van der Waals surface area contributed by atoms with E-state index in [2.05, 4.69) is 9.97 Å². The Labute approximate surface area is 106 Å². The van der Waals surface area contributed by atoms with Crippen molar-refractivity contribution in [2.75, 3.05) is 14.2 Å². The molecule has 0 saturated carbocycles. The van der Waals surface area contributed by atoms with E-state index in [1.165, 1.54) is 0 Å². The van der Waals surface area contributed by atoms with Gasteiger partial charge in [-0.2, -0.15) is 0 Å². The number of hydrogen-bond acceptors (Lipinski definition) is 5. The van der Waals surface area contributed by atoms with Crippen LogP contribution < -0.4 is 15.2 Å². The Morgan fingerprint density at radius 1 is 1.00 bits per heavy atom. The first kappa shape index (κ1) is 12.3. The maximum absolute atomic E-state index is 6.18. The van der Waals surface area contributed by atoms with Crippen LogP contribution in [0.3, 0.4) is 0 Å². The lowest BCUT2D eigenvalue weighted by molar-refractivity contribution is 0.381. The molecule has 0 fully saturated rings. The van der Waals surface area contributed by atoms with Crippen molar-refractivity contribution in [3.63, 3.8) is 0 Å². The highest BCUT2D eigenvalue weighted by Crippen LogP contribution is 2.34. The van der Waals surface area contributed by atoms with Gasteiger partial charge in [-0.05, 0) is 18.2 Å². The zero-order valence-corrected chi connectivity index (χ0v) is 10.3. The van der Waals surface area contributed by atoms with Crippen LogP contribution in [0.4, 0.5) is 0 Å². The zero-order valence-electron chi connectivity index (χ0n) is 10.3. The lowest BCUT2D eigenvalue weighted by Crippen LogP contribution is -2.17. The van der Waals surface area contributed by atoms with E-state index in [1.54, 1.807) is 32.7 Å². The van der Waals surface area contributed by atoms with Gasteiger partial charge in [0.05, 0.1) is 25.8 Å². The molecule has 1 heterocycles. The number of ether oxygens (including phenoxy) is 2. The summed E-state index contributed by atoms with van der Waals surface area (Å²) in [5.41, 5.74) is 6.93. The van der Waals surface area contributed by atoms with Crippen LogP contribution in [0.1, 0.15) is 17.4 Å². The average molecular weight is 245 g/mol. The van der Waals surface area contributed by atoms with Gasteiger partial charge in [0.15, 0.2) is 0 Å². The molecule has 1 aromatic carbocycles. The van der Waals surface area contributed by atoms with Crippen molar-refractivity contribution in [3.05, 3.63) is 48.0 Å². The largest absolute Gasteiger partial charge is 0.496 e. The van der Waals surface area contributed by atoms with E-state index in [0.29, 0.717) is 17.3 Å². The average Bonchev–Trinajstić information content (AvgIpc) is 2.46. The summed E-state index contributed by atoms with van der Waals surface area (Å²) in [6.07, 6.45) is 3.31. The summed E-state index contributed by atoms with van der Waals surface area (Å²) in [7, 11) is 3.19. The monoisotopic (exact) mass is 245 g/mol. The van der Waals surface area contributed by atoms with Crippen LogP contribution in [-0.2, 0) is 0 Å². The molecule has 94 valence electrons. The van der Waals surface area contributed by atoms with Gasteiger partial charge in [0.25, 0.3) is 0 Å². The number of nitrogens with zero attached hydrogens (tertiary/aromatic N) is 2. The van der Waals surface area contributed by atoms with Crippen molar-refractivity contribution in [2.45, 2.75) is 6.04 Å². The molecule has 0 radical (unpaired) electrons. The van der Waals surface area contributed by atoms with Crippen LogP contribution in [0.5, 0.6) is 11.5 Å². The number of nitrogens with two attached hydrogens (primary N) is 1. The molecule has 1 unspecified atom stereocenters. The summed E-state index contributed by atoms with van der Waals surface area (Å²) in [5, 5.41) is 0. The summed E-state index contributed by atoms with van der Waals surface area (Å²) in [6.45, 7) is 0. The van der Waals surface area contributed by atoms with Crippen LogP contribution in [-0.4, -0.2) is 24.2 Å². The Morgan fingerprint density at radius 2 is 1.56 bits per heavy atom. The highest BCUT2D eigenvalue weighted by Gasteiger charge is 2.20. The normalized spacial score (nSPS) is 11.9. The van der Waals surface area contributed by atoms with E-state index in [-0.39, 0.29) is 0 Å². The minimum Gasteiger partial charge on any atom is -0.496 e. The first-order valence-corrected chi connectivity index (χ1v) is 5.51. The van der Waals surface area contributed by atoms with E-state index in [9.17, 15) is 0 Å². The summed E-state index contributed by atoms with van der Waals surface area (Å²) < 4.78 is 10.6. The van der Waals surface area contributed by atoms with Gasteiger partial charge in [-0.3, -0.25) is 0 Å². The summed E-state index contributed by atoms with van der Waals surface area (Å²) in [5.74, 6) is 1.85. The fourth-order valence-electron chi connectivity index (χ4n) is 1.79. The van der Waals surface area contributed by atoms with Gasteiger partial charge in [0.2, 0.25) is 0 Å². The minimum absolute atomic E-state index is 0.489. The molecular weight excluding hydrogens is 230 g/mol. The van der Waals surface area contributed by atoms with Crippen molar-refractivity contribution >= 4 is 0 Å². The predicted molar refractivity (Wildman–Crippen MR) is 67.6 cm³/mol. The number of rotatable bonds is 4. The maximum Gasteiger partial charge on any atom is 0.149 e. The molecule has 0 aliphatic rings. The number of benzene rings is 1. The molecule has 2 rings (SSSR count). The number of hydrogen-bond donors (Lipinski definition) is 1. The summed E-state index contributed by atoms with van der Waals surface area (Å²) in [6, 6.07) is 6.77. The predicted octanol–water partition coefficient (Wildman–Crippen LogP) is 1.54.